The van der Waals surface area contributed by atoms with Crippen molar-refractivity contribution in [2.75, 3.05) is 0 Å². The van der Waals surface area contributed by atoms with Gasteiger partial charge in [0, 0.05) is 61.7 Å². The summed E-state index contributed by atoms with van der Waals surface area (Å²) in [7, 11) is 0. The molecule has 610 valence electrons. The fraction of sp³-hybridized carbons (Fsp3) is 0.0240. The van der Waals surface area contributed by atoms with Crippen LogP contribution in [-0.2, 0) is 16.2 Å². The SMILES string of the molecule is c1ccc(-c2ccc(-c3cccc4c3Sc3ccccc3C43c4ccccc4-n4c5ccccc5c5cccc3c54)cc2)cc1.c1ccc2c(c1)Sc1c(-c3ccc4ccccc4c3)cccc1C21c2ccccc2-n2c3ccccc3c3cccc1c32.c1ccc2c(c1)Sc1c(-c3cccc4ccccc34)cccc1C21c2ccccc2-n2c3ccccc3c3cccc1c32. The lowest BCUT2D eigenvalue weighted by Crippen LogP contribution is -2.37. The van der Waals surface area contributed by atoms with Gasteiger partial charge in [-0.2, -0.15) is 0 Å². The van der Waals surface area contributed by atoms with Crippen LogP contribution in [0, 0.1) is 0 Å². The van der Waals surface area contributed by atoms with Gasteiger partial charge in [0.05, 0.1) is 66.4 Å². The van der Waals surface area contributed by atoms with Crippen molar-refractivity contribution in [2.45, 2.75) is 45.6 Å². The zero-order valence-corrected chi connectivity index (χ0v) is 73.5. The van der Waals surface area contributed by atoms with Crippen molar-refractivity contribution < 1.29 is 0 Å². The Morgan fingerprint density at radius 2 is 0.450 bits per heavy atom. The van der Waals surface area contributed by atoms with Crippen LogP contribution in [0.3, 0.4) is 0 Å². The lowest BCUT2D eigenvalue weighted by Gasteiger charge is -2.45. The molecule has 0 saturated heterocycles. The van der Waals surface area contributed by atoms with E-state index in [4.69, 9.17) is 0 Å². The molecule has 3 unspecified atom stereocenters. The first-order valence-electron chi connectivity index (χ1n) is 45.3. The van der Waals surface area contributed by atoms with Crippen LogP contribution in [0.15, 0.2) is 496 Å². The maximum Gasteiger partial charge on any atom is 0.0764 e. The van der Waals surface area contributed by atoms with Gasteiger partial charge in [-0.15, -0.1) is 0 Å². The van der Waals surface area contributed by atoms with Gasteiger partial charge in [-0.3, -0.25) is 0 Å². The van der Waals surface area contributed by atoms with Gasteiger partial charge in [-0.05, 0) is 193 Å². The minimum atomic E-state index is -0.461. The summed E-state index contributed by atoms with van der Waals surface area (Å²) in [4.78, 5) is 7.97. The summed E-state index contributed by atoms with van der Waals surface area (Å²) in [5, 5.41) is 12.9. The van der Waals surface area contributed by atoms with E-state index in [1.165, 1.54) is 245 Å². The monoisotopic (exact) mass is 1720 g/mol. The topological polar surface area (TPSA) is 14.8 Å². The summed E-state index contributed by atoms with van der Waals surface area (Å²) in [5.74, 6) is 0. The maximum absolute atomic E-state index is 2.51. The summed E-state index contributed by atoms with van der Waals surface area (Å²) in [5.41, 5.74) is 36.4. The molecule has 0 bridgehead atoms. The Labute approximate surface area is 770 Å². The smallest absolute Gasteiger partial charge is 0.0764 e. The second kappa shape index (κ2) is 28.8. The minimum absolute atomic E-state index is 0.454. The molecule has 0 radical (unpaired) electrons. The van der Waals surface area contributed by atoms with Crippen molar-refractivity contribution in [1.82, 2.24) is 13.7 Å². The van der Waals surface area contributed by atoms with Crippen molar-refractivity contribution in [1.29, 1.82) is 0 Å². The zero-order valence-electron chi connectivity index (χ0n) is 71.0. The molecule has 30 rings (SSSR count). The number of rotatable bonds is 4. The predicted molar refractivity (Wildman–Crippen MR) is 547 cm³/mol. The molecule has 0 amide bonds. The first-order valence-corrected chi connectivity index (χ1v) is 47.7. The molecule has 131 heavy (non-hydrogen) atoms. The van der Waals surface area contributed by atoms with Crippen LogP contribution in [0.25, 0.3) is 149 Å². The number of benzene rings is 21. The van der Waals surface area contributed by atoms with Crippen molar-refractivity contribution >= 4 is 122 Å². The average molecular weight is 1720 g/mol. The molecule has 6 heteroatoms. The number of hydrogen-bond donors (Lipinski definition) is 0. The fourth-order valence-electron chi connectivity index (χ4n) is 24.0. The molecule has 6 aliphatic heterocycles. The van der Waals surface area contributed by atoms with Crippen molar-refractivity contribution in [3.63, 3.8) is 0 Å². The quantitative estimate of drug-likeness (QED) is 0.175. The number of fused-ring (bicyclic) bond motifs is 35. The first kappa shape index (κ1) is 74.7. The third kappa shape index (κ3) is 10.4. The Morgan fingerprint density at radius 3 is 0.916 bits per heavy atom. The Hall–Kier alpha value is -15.4. The molecule has 0 aliphatic carbocycles. The lowest BCUT2D eigenvalue weighted by molar-refractivity contribution is 0.690. The van der Waals surface area contributed by atoms with Crippen LogP contribution in [0.1, 0.15) is 66.8 Å². The molecule has 0 fully saturated rings. The number of hydrogen-bond acceptors (Lipinski definition) is 3. The highest BCUT2D eigenvalue weighted by molar-refractivity contribution is 8.00. The van der Waals surface area contributed by atoms with E-state index in [2.05, 4.69) is 481 Å². The standard InChI is InChI=1S/C43H27NS.2C41H25NS/c1-2-12-28(13-3-1)29-24-26-30(27-25-29)31-15-10-20-37-42(31)45-40-23-9-6-18-35(40)43(37)34-17-5-8-22-39(34)44-38-21-7-4-14-32(38)33-16-11-19-36(43)41(33)44;1-2-14-27-26(12-1)13-9-16-28(27)31-18-11-22-35-40(31)43-38-25-8-5-20-33(38)41(35)32-19-4-7-24-37(32)42-36-23-6-3-15-29(36)30-17-10-21-34(41)39(30)42;1-2-12-27-25-28(24-23-26(27)11-1)29-14-9-19-35-40(29)43-38-22-8-5-17-33(38)41(35)32-16-4-7-21-37(32)42-36-20-6-3-13-30(36)31-15-10-18-34(41)39(31)42/h1-27H;2*1-25H. The highest BCUT2D eigenvalue weighted by Gasteiger charge is 2.54. The van der Waals surface area contributed by atoms with Gasteiger partial charge in [0.1, 0.15) is 0 Å². The summed E-state index contributed by atoms with van der Waals surface area (Å²) in [6.07, 6.45) is 0. The number of aromatic nitrogens is 3. The van der Waals surface area contributed by atoms with Crippen LogP contribution in [0.2, 0.25) is 0 Å². The van der Waals surface area contributed by atoms with Gasteiger partial charge >= 0.3 is 0 Å². The average Bonchev–Trinajstić information content (AvgIpc) is 1.65. The van der Waals surface area contributed by atoms with E-state index in [1.54, 1.807) is 0 Å². The molecule has 0 saturated carbocycles. The summed E-state index contributed by atoms with van der Waals surface area (Å²) >= 11 is 5.76. The number of nitrogens with zero attached hydrogens (tertiary/aromatic N) is 3. The summed E-state index contributed by atoms with van der Waals surface area (Å²) in [6.45, 7) is 0. The Kier molecular flexibility index (Phi) is 16.4. The van der Waals surface area contributed by atoms with E-state index in [1.807, 2.05) is 35.3 Å². The Morgan fingerprint density at radius 1 is 0.160 bits per heavy atom. The maximum atomic E-state index is 2.51. The highest BCUT2D eigenvalue weighted by atomic mass is 32.2. The minimum Gasteiger partial charge on any atom is -0.309 e. The van der Waals surface area contributed by atoms with Gasteiger partial charge in [0.2, 0.25) is 0 Å². The van der Waals surface area contributed by atoms with Gasteiger partial charge in [-0.25, -0.2) is 0 Å². The van der Waals surface area contributed by atoms with Crippen LogP contribution < -0.4 is 0 Å². The molecular formula is C125H77N3S3. The normalized spacial score (nSPS) is 16.2. The third-order valence-corrected chi connectivity index (χ3v) is 32.8. The molecule has 9 heterocycles. The van der Waals surface area contributed by atoms with Gasteiger partial charge in [0.15, 0.2) is 0 Å². The number of para-hydroxylation sites is 9. The second-order valence-electron chi connectivity index (χ2n) is 35.3. The van der Waals surface area contributed by atoms with Crippen LogP contribution in [0.4, 0.5) is 0 Å². The van der Waals surface area contributed by atoms with Crippen LogP contribution >= 0.6 is 35.3 Å². The lowest BCUT2D eigenvalue weighted by atomic mass is 9.62. The van der Waals surface area contributed by atoms with E-state index in [0.29, 0.717) is 0 Å². The third-order valence-electron chi connectivity index (χ3n) is 29.2. The van der Waals surface area contributed by atoms with E-state index in [-0.39, 0.29) is 0 Å². The van der Waals surface area contributed by atoms with Crippen molar-refractivity contribution in [2.24, 2.45) is 0 Å². The van der Waals surface area contributed by atoms with E-state index in [0.717, 1.165) is 0 Å². The van der Waals surface area contributed by atoms with Crippen molar-refractivity contribution in [3.05, 3.63) is 534 Å². The van der Waals surface area contributed by atoms with E-state index in [9.17, 15) is 0 Å². The molecule has 6 aliphatic rings. The molecular weight excluding hydrogens is 1640 g/mol. The Balaban J connectivity index is 0.0000000986. The zero-order chi connectivity index (χ0) is 85.8. The molecule has 3 nitrogen and oxygen atoms in total. The first-order chi connectivity index (χ1) is 65.0. The van der Waals surface area contributed by atoms with E-state index >= 15 is 0 Å². The second-order valence-corrected chi connectivity index (χ2v) is 38.5. The predicted octanol–water partition coefficient (Wildman–Crippen LogP) is 32.8. The molecule has 0 N–H and O–H groups in total. The van der Waals surface area contributed by atoms with Gasteiger partial charge < -0.3 is 13.7 Å². The Bertz CT molecular complexity index is 8990. The van der Waals surface area contributed by atoms with Crippen LogP contribution in [-0.4, -0.2) is 13.7 Å². The fourth-order valence-corrected chi connectivity index (χ4v) is 28.0. The molecule has 3 spiro atoms. The largest absolute Gasteiger partial charge is 0.309 e. The molecule has 21 aromatic carbocycles. The highest BCUT2D eigenvalue weighted by Crippen LogP contribution is 2.67. The molecule has 3 atom stereocenters. The van der Waals surface area contributed by atoms with E-state index < -0.39 is 16.2 Å². The summed E-state index contributed by atoms with van der Waals surface area (Å²) < 4.78 is 7.54. The molecule has 3 aromatic heterocycles. The molecule has 24 aromatic rings. The summed E-state index contributed by atoms with van der Waals surface area (Å²) in [6, 6.07) is 174. The van der Waals surface area contributed by atoms with Gasteiger partial charge in [-0.1, -0.05) is 442 Å². The van der Waals surface area contributed by atoms with Gasteiger partial charge in [0.25, 0.3) is 0 Å². The van der Waals surface area contributed by atoms with Crippen LogP contribution in [0.5, 0.6) is 0 Å². The van der Waals surface area contributed by atoms with Crippen molar-refractivity contribution in [3.8, 4) is 61.6 Å².